The van der Waals surface area contributed by atoms with Crippen molar-refractivity contribution < 1.29 is 14.3 Å². The lowest BCUT2D eigenvalue weighted by atomic mass is 10.1. The van der Waals surface area contributed by atoms with Crippen molar-refractivity contribution in [2.45, 2.75) is 6.42 Å². The number of cyclic esters (lactones) is 1. The summed E-state index contributed by atoms with van der Waals surface area (Å²) in [6, 6.07) is 7.10. The highest BCUT2D eigenvalue weighted by molar-refractivity contribution is 6.30. The number of carbonyl (C=O) groups is 2. The summed E-state index contributed by atoms with van der Waals surface area (Å²) in [7, 11) is 0. The molecule has 0 radical (unpaired) electrons. The molecule has 1 aliphatic heterocycles. The molecular weight excluding hydrogens is 242 g/mol. The summed E-state index contributed by atoms with van der Waals surface area (Å²) in [6.45, 7) is 0.972. The van der Waals surface area contributed by atoms with Gasteiger partial charge in [-0.05, 0) is 17.7 Å². The molecule has 1 fully saturated rings. The molecule has 0 aliphatic carbocycles. The minimum Gasteiger partial charge on any atom is -0.448 e. The van der Waals surface area contributed by atoms with Crippen LogP contribution in [0.2, 0.25) is 5.02 Å². The Morgan fingerprint density at radius 3 is 2.65 bits per heavy atom. The Labute approximate surface area is 104 Å². The van der Waals surface area contributed by atoms with Gasteiger partial charge in [0.1, 0.15) is 6.61 Å². The standard InChI is InChI=1S/C12H12ClNO3/c13-10-3-1-9(2-4-10)7-11(15)8-14-5-6-17-12(14)16/h1-4H,5-8H2. The second-order valence-corrected chi connectivity index (χ2v) is 4.31. The zero-order valence-electron chi connectivity index (χ0n) is 9.19. The van der Waals surface area contributed by atoms with E-state index in [0.717, 1.165) is 5.56 Å². The molecular formula is C12H12ClNO3. The summed E-state index contributed by atoms with van der Waals surface area (Å²) in [6.07, 6.45) is -0.101. The summed E-state index contributed by atoms with van der Waals surface area (Å²) in [5, 5.41) is 0.643. The van der Waals surface area contributed by atoms with Gasteiger partial charge in [0.15, 0.2) is 5.78 Å². The zero-order chi connectivity index (χ0) is 12.3. The molecule has 1 aromatic carbocycles. The molecule has 0 unspecified atom stereocenters. The predicted molar refractivity (Wildman–Crippen MR) is 63.1 cm³/mol. The normalized spacial score (nSPS) is 14.9. The fourth-order valence-electron chi connectivity index (χ4n) is 1.67. The van der Waals surface area contributed by atoms with Crippen LogP contribution < -0.4 is 0 Å². The molecule has 2 rings (SSSR count). The topological polar surface area (TPSA) is 46.6 Å². The number of Topliss-reactive ketones (excluding diaryl/α,β-unsaturated/α-hetero) is 1. The van der Waals surface area contributed by atoms with E-state index in [9.17, 15) is 9.59 Å². The van der Waals surface area contributed by atoms with Crippen molar-refractivity contribution >= 4 is 23.5 Å². The number of carbonyl (C=O) groups excluding carboxylic acids is 2. The maximum Gasteiger partial charge on any atom is 0.410 e. The van der Waals surface area contributed by atoms with E-state index in [-0.39, 0.29) is 12.3 Å². The highest BCUT2D eigenvalue weighted by atomic mass is 35.5. The number of halogens is 1. The van der Waals surface area contributed by atoms with Crippen LogP contribution in [0.4, 0.5) is 4.79 Å². The maximum absolute atomic E-state index is 11.7. The molecule has 0 aromatic heterocycles. The first-order valence-electron chi connectivity index (χ1n) is 5.33. The third-order valence-corrected chi connectivity index (χ3v) is 2.78. The van der Waals surface area contributed by atoms with Crippen LogP contribution in [0.1, 0.15) is 5.56 Å². The number of amides is 1. The summed E-state index contributed by atoms with van der Waals surface area (Å²) in [5.41, 5.74) is 0.895. The van der Waals surface area contributed by atoms with E-state index < -0.39 is 6.09 Å². The lowest BCUT2D eigenvalue weighted by Gasteiger charge is -2.11. The lowest BCUT2D eigenvalue weighted by molar-refractivity contribution is -0.118. The van der Waals surface area contributed by atoms with Gasteiger partial charge >= 0.3 is 6.09 Å². The Balaban J connectivity index is 1.88. The maximum atomic E-state index is 11.7. The van der Waals surface area contributed by atoms with Crippen LogP contribution in [-0.4, -0.2) is 36.5 Å². The highest BCUT2D eigenvalue weighted by Crippen LogP contribution is 2.11. The van der Waals surface area contributed by atoms with Gasteiger partial charge in [0, 0.05) is 11.4 Å². The van der Waals surface area contributed by atoms with Gasteiger partial charge in [-0.15, -0.1) is 0 Å². The smallest absolute Gasteiger partial charge is 0.410 e. The molecule has 1 amide bonds. The Bertz CT molecular complexity index is 430. The Morgan fingerprint density at radius 1 is 1.35 bits per heavy atom. The van der Waals surface area contributed by atoms with Gasteiger partial charge in [0.25, 0.3) is 0 Å². The third kappa shape index (κ3) is 3.20. The minimum atomic E-state index is -0.408. The van der Waals surface area contributed by atoms with E-state index in [1.807, 2.05) is 12.1 Å². The minimum absolute atomic E-state index is 0.00817. The predicted octanol–water partition coefficient (Wildman–Crippen LogP) is 1.90. The lowest BCUT2D eigenvalue weighted by Crippen LogP contribution is -2.31. The first-order chi connectivity index (χ1) is 8.15. The molecule has 1 heterocycles. The first-order valence-corrected chi connectivity index (χ1v) is 5.71. The van der Waals surface area contributed by atoms with E-state index in [4.69, 9.17) is 16.3 Å². The van der Waals surface area contributed by atoms with Gasteiger partial charge in [-0.2, -0.15) is 0 Å². The van der Waals surface area contributed by atoms with Gasteiger partial charge in [-0.3, -0.25) is 9.69 Å². The molecule has 1 saturated heterocycles. The van der Waals surface area contributed by atoms with Crippen molar-refractivity contribution in [3.8, 4) is 0 Å². The molecule has 0 atom stereocenters. The monoisotopic (exact) mass is 253 g/mol. The highest BCUT2D eigenvalue weighted by Gasteiger charge is 2.23. The number of rotatable bonds is 4. The summed E-state index contributed by atoms with van der Waals surface area (Å²) < 4.78 is 4.75. The van der Waals surface area contributed by atoms with Gasteiger partial charge in [0.2, 0.25) is 0 Å². The molecule has 1 aromatic rings. The fourth-order valence-corrected chi connectivity index (χ4v) is 1.79. The number of benzene rings is 1. The van der Waals surface area contributed by atoms with Crippen LogP contribution in [-0.2, 0) is 16.0 Å². The molecule has 90 valence electrons. The largest absolute Gasteiger partial charge is 0.448 e. The van der Waals surface area contributed by atoms with Gasteiger partial charge in [-0.1, -0.05) is 23.7 Å². The van der Waals surface area contributed by atoms with Crippen LogP contribution in [0.15, 0.2) is 24.3 Å². The number of nitrogens with zero attached hydrogens (tertiary/aromatic N) is 1. The Hall–Kier alpha value is -1.55. The first kappa shape index (κ1) is 11.9. The van der Waals surface area contributed by atoms with Gasteiger partial charge < -0.3 is 4.74 Å². The van der Waals surface area contributed by atoms with Crippen molar-refractivity contribution in [3.63, 3.8) is 0 Å². The molecule has 17 heavy (non-hydrogen) atoms. The second-order valence-electron chi connectivity index (χ2n) is 3.88. The molecule has 0 bridgehead atoms. The number of ether oxygens (including phenoxy) is 1. The summed E-state index contributed by atoms with van der Waals surface area (Å²) in [5.74, 6) is -0.00817. The number of ketones is 1. The summed E-state index contributed by atoms with van der Waals surface area (Å²) in [4.78, 5) is 24.3. The van der Waals surface area contributed by atoms with E-state index >= 15 is 0 Å². The van der Waals surface area contributed by atoms with Crippen molar-refractivity contribution in [2.24, 2.45) is 0 Å². The van der Waals surface area contributed by atoms with Crippen LogP contribution >= 0.6 is 11.6 Å². The summed E-state index contributed by atoms with van der Waals surface area (Å²) >= 11 is 5.75. The van der Waals surface area contributed by atoms with Gasteiger partial charge in [-0.25, -0.2) is 4.79 Å². The van der Waals surface area contributed by atoms with Crippen molar-refractivity contribution in [1.82, 2.24) is 4.90 Å². The molecule has 1 aliphatic rings. The van der Waals surface area contributed by atoms with E-state index in [0.29, 0.717) is 24.6 Å². The van der Waals surface area contributed by atoms with Crippen LogP contribution in [0.3, 0.4) is 0 Å². The SMILES string of the molecule is O=C(Cc1ccc(Cl)cc1)CN1CCOC1=O. The number of hydrogen-bond donors (Lipinski definition) is 0. The zero-order valence-corrected chi connectivity index (χ0v) is 9.94. The average molecular weight is 254 g/mol. The third-order valence-electron chi connectivity index (χ3n) is 2.53. The van der Waals surface area contributed by atoms with Crippen molar-refractivity contribution in [3.05, 3.63) is 34.9 Å². The van der Waals surface area contributed by atoms with E-state index in [1.165, 1.54) is 4.90 Å². The van der Waals surface area contributed by atoms with Crippen molar-refractivity contribution in [2.75, 3.05) is 19.7 Å². The average Bonchev–Trinajstić information content (AvgIpc) is 2.68. The fraction of sp³-hybridized carbons (Fsp3) is 0.333. The van der Waals surface area contributed by atoms with Crippen LogP contribution in [0, 0.1) is 0 Å². The molecule has 4 nitrogen and oxygen atoms in total. The molecule has 5 heteroatoms. The van der Waals surface area contributed by atoms with Gasteiger partial charge in [0.05, 0.1) is 13.1 Å². The number of hydrogen-bond acceptors (Lipinski definition) is 3. The Kier molecular flexibility index (Phi) is 3.64. The van der Waals surface area contributed by atoms with Crippen LogP contribution in [0.25, 0.3) is 0 Å². The Morgan fingerprint density at radius 2 is 2.06 bits per heavy atom. The molecule has 0 N–H and O–H groups in total. The quantitative estimate of drug-likeness (QED) is 0.823. The molecule has 0 spiro atoms. The van der Waals surface area contributed by atoms with E-state index in [1.54, 1.807) is 12.1 Å². The molecule has 0 saturated carbocycles. The van der Waals surface area contributed by atoms with E-state index in [2.05, 4.69) is 0 Å². The van der Waals surface area contributed by atoms with Crippen LogP contribution in [0.5, 0.6) is 0 Å². The van der Waals surface area contributed by atoms with Crippen molar-refractivity contribution in [1.29, 1.82) is 0 Å². The second kappa shape index (κ2) is 5.19.